The Morgan fingerprint density at radius 3 is 3.00 bits per heavy atom. The van der Waals surface area contributed by atoms with Crippen molar-refractivity contribution in [1.82, 2.24) is 25.1 Å². The molecule has 19 heavy (non-hydrogen) atoms. The summed E-state index contributed by atoms with van der Waals surface area (Å²) in [4.78, 5) is 19.5. The molecular formula is C11H12FN5OS. The fraction of sp³-hybridized carbons (Fsp3) is 0.273. The second-order valence-electron chi connectivity index (χ2n) is 3.64. The van der Waals surface area contributed by atoms with E-state index >= 15 is 0 Å². The number of hydrogen-bond donors (Lipinski definition) is 1. The predicted octanol–water partition coefficient (Wildman–Crippen LogP) is 1.49. The number of amides is 1. The number of halogens is 1. The van der Waals surface area contributed by atoms with Crippen molar-refractivity contribution >= 4 is 18.2 Å². The molecule has 1 N–H and O–H groups in total. The minimum absolute atomic E-state index is 0.276. The van der Waals surface area contributed by atoms with Crippen molar-refractivity contribution in [2.24, 2.45) is 0 Å². The fourth-order valence-electron chi connectivity index (χ4n) is 1.54. The van der Waals surface area contributed by atoms with E-state index in [1.165, 1.54) is 11.0 Å². The number of aromatic nitrogens is 4. The second-order valence-corrected chi connectivity index (χ2v) is 4.62. The minimum Gasteiger partial charge on any atom is -0.349 e. The van der Waals surface area contributed by atoms with E-state index in [2.05, 4.69) is 20.4 Å². The lowest BCUT2D eigenvalue weighted by Crippen LogP contribution is -2.20. The van der Waals surface area contributed by atoms with Crippen LogP contribution in [0.4, 0.5) is 4.39 Å². The van der Waals surface area contributed by atoms with E-state index in [4.69, 9.17) is 0 Å². The number of carbonyl (C=O) groups excluding carboxylic acids is 1. The Hall–Kier alpha value is -1.96. The van der Waals surface area contributed by atoms with Crippen LogP contribution in [-0.4, -0.2) is 32.2 Å². The Bertz CT molecular complexity index is 544. The van der Waals surface area contributed by atoms with E-state index in [0.29, 0.717) is 18.1 Å². The molecule has 8 heteroatoms. The Morgan fingerprint density at radius 2 is 2.37 bits per heavy atom. The van der Waals surface area contributed by atoms with Crippen LogP contribution in [-0.2, 0) is 4.79 Å². The van der Waals surface area contributed by atoms with Crippen molar-refractivity contribution in [3.05, 3.63) is 30.5 Å². The Morgan fingerprint density at radius 1 is 1.53 bits per heavy atom. The third-order valence-corrected chi connectivity index (χ3v) is 3.12. The largest absolute Gasteiger partial charge is 0.349 e. The van der Waals surface area contributed by atoms with Gasteiger partial charge in [-0.2, -0.15) is 9.78 Å². The molecule has 0 aliphatic heterocycles. The lowest BCUT2D eigenvalue weighted by atomic mass is 10.3. The zero-order valence-corrected chi connectivity index (χ0v) is 11.0. The van der Waals surface area contributed by atoms with Crippen molar-refractivity contribution < 1.29 is 9.18 Å². The standard InChI is InChI=1S/C11H12FN5OS/c1-8(15-7-18)11-14-6-16-17(11)10-3-2-9(4-13-10)19-5-12/h2-4,6-8H,5H2,1H3,(H,15,18). The van der Waals surface area contributed by atoms with Gasteiger partial charge in [-0.3, -0.25) is 4.79 Å². The van der Waals surface area contributed by atoms with Crippen molar-refractivity contribution in [2.75, 3.05) is 6.01 Å². The minimum atomic E-state index is -0.490. The number of carbonyl (C=O) groups is 1. The van der Waals surface area contributed by atoms with Gasteiger partial charge in [0.1, 0.15) is 12.3 Å². The lowest BCUT2D eigenvalue weighted by Gasteiger charge is -2.11. The summed E-state index contributed by atoms with van der Waals surface area (Å²) in [6.45, 7) is 1.79. The van der Waals surface area contributed by atoms with Gasteiger partial charge in [0.25, 0.3) is 0 Å². The summed E-state index contributed by atoms with van der Waals surface area (Å²) in [7, 11) is 0. The van der Waals surface area contributed by atoms with Gasteiger partial charge < -0.3 is 5.32 Å². The molecule has 0 aliphatic rings. The number of hydrogen-bond acceptors (Lipinski definition) is 5. The van der Waals surface area contributed by atoms with Gasteiger partial charge in [-0.25, -0.2) is 14.4 Å². The molecular weight excluding hydrogens is 269 g/mol. The van der Waals surface area contributed by atoms with E-state index in [1.807, 2.05) is 0 Å². The highest BCUT2D eigenvalue weighted by Crippen LogP contribution is 2.19. The van der Waals surface area contributed by atoms with E-state index in [9.17, 15) is 9.18 Å². The highest BCUT2D eigenvalue weighted by Gasteiger charge is 2.14. The molecule has 6 nitrogen and oxygen atoms in total. The third-order valence-electron chi connectivity index (χ3n) is 2.44. The quantitative estimate of drug-likeness (QED) is 0.641. The number of pyridine rings is 1. The molecule has 0 aromatic carbocycles. The molecule has 2 aromatic rings. The third kappa shape index (κ3) is 3.08. The van der Waals surface area contributed by atoms with Gasteiger partial charge in [0.15, 0.2) is 11.6 Å². The molecule has 0 saturated carbocycles. The van der Waals surface area contributed by atoms with Crippen LogP contribution in [0.3, 0.4) is 0 Å². The van der Waals surface area contributed by atoms with Gasteiger partial charge >= 0.3 is 0 Å². The lowest BCUT2D eigenvalue weighted by molar-refractivity contribution is -0.110. The van der Waals surface area contributed by atoms with Gasteiger partial charge in [0.2, 0.25) is 6.41 Å². The number of thioether (sulfide) groups is 1. The number of alkyl halides is 1. The maximum absolute atomic E-state index is 12.2. The van der Waals surface area contributed by atoms with Gasteiger partial charge in [-0.15, -0.1) is 0 Å². The molecule has 1 unspecified atom stereocenters. The predicted molar refractivity (Wildman–Crippen MR) is 68.6 cm³/mol. The van der Waals surface area contributed by atoms with Crippen molar-refractivity contribution in [3.63, 3.8) is 0 Å². The first-order valence-corrected chi connectivity index (χ1v) is 6.49. The summed E-state index contributed by atoms with van der Waals surface area (Å²) in [6, 6.07) is 2.72. The SMILES string of the molecule is CC(NC=O)c1ncnn1-c1ccc(SCF)cn1. The number of nitrogens with zero attached hydrogens (tertiary/aromatic N) is 4. The molecule has 0 bridgehead atoms. The maximum Gasteiger partial charge on any atom is 0.207 e. The summed E-state index contributed by atoms with van der Waals surface area (Å²) in [6.07, 6.45) is 3.57. The van der Waals surface area contributed by atoms with E-state index < -0.39 is 6.01 Å². The molecule has 0 spiro atoms. The Kier molecular flexibility index (Phi) is 4.45. The fourth-order valence-corrected chi connectivity index (χ4v) is 1.96. The maximum atomic E-state index is 12.2. The summed E-state index contributed by atoms with van der Waals surface area (Å²) in [5, 5.41) is 6.68. The monoisotopic (exact) mass is 281 g/mol. The van der Waals surface area contributed by atoms with Crippen LogP contribution < -0.4 is 5.32 Å². The molecule has 2 rings (SSSR count). The second kappa shape index (κ2) is 6.28. The first-order chi connectivity index (χ1) is 9.26. The zero-order chi connectivity index (χ0) is 13.7. The Labute approximate surface area is 113 Å². The number of rotatable bonds is 6. The number of nitrogens with one attached hydrogen (secondary N) is 1. The highest BCUT2D eigenvalue weighted by atomic mass is 32.2. The molecule has 100 valence electrons. The van der Waals surface area contributed by atoms with Crippen molar-refractivity contribution in [3.8, 4) is 5.82 Å². The van der Waals surface area contributed by atoms with Crippen molar-refractivity contribution in [2.45, 2.75) is 17.9 Å². The van der Waals surface area contributed by atoms with Crippen LogP contribution in [0.5, 0.6) is 0 Å². The summed E-state index contributed by atoms with van der Waals surface area (Å²) < 4.78 is 13.7. The molecule has 0 fully saturated rings. The first-order valence-electron chi connectivity index (χ1n) is 5.51. The average Bonchev–Trinajstić information content (AvgIpc) is 2.89. The van der Waals surface area contributed by atoms with Crippen LogP contribution in [0, 0.1) is 0 Å². The summed E-state index contributed by atoms with van der Waals surface area (Å²) >= 11 is 1.07. The topological polar surface area (TPSA) is 72.7 Å². The Balaban J connectivity index is 2.26. The van der Waals surface area contributed by atoms with Crippen LogP contribution in [0.25, 0.3) is 5.82 Å². The van der Waals surface area contributed by atoms with Gasteiger partial charge in [0.05, 0.1) is 6.04 Å². The molecule has 0 radical (unpaired) electrons. The smallest absolute Gasteiger partial charge is 0.207 e. The van der Waals surface area contributed by atoms with E-state index in [-0.39, 0.29) is 6.04 Å². The average molecular weight is 281 g/mol. The first kappa shape index (κ1) is 13.5. The molecule has 2 aromatic heterocycles. The molecule has 0 saturated heterocycles. The molecule has 1 atom stereocenters. The summed E-state index contributed by atoms with van der Waals surface area (Å²) in [5.41, 5.74) is 0. The van der Waals surface area contributed by atoms with Crippen LogP contribution in [0.2, 0.25) is 0 Å². The summed E-state index contributed by atoms with van der Waals surface area (Å²) in [5.74, 6) is 1.14. The molecule has 0 aliphatic carbocycles. The van der Waals surface area contributed by atoms with Gasteiger partial charge in [0, 0.05) is 11.1 Å². The van der Waals surface area contributed by atoms with E-state index in [1.54, 1.807) is 25.3 Å². The van der Waals surface area contributed by atoms with Crippen LogP contribution >= 0.6 is 11.8 Å². The van der Waals surface area contributed by atoms with Gasteiger partial charge in [-0.1, -0.05) is 11.8 Å². The highest BCUT2D eigenvalue weighted by molar-refractivity contribution is 7.99. The van der Waals surface area contributed by atoms with Crippen LogP contribution in [0.15, 0.2) is 29.6 Å². The molecule has 2 heterocycles. The van der Waals surface area contributed by atoms with Crippen molar-refractivity contribution in [1.29, 1.82) is 0 Å². The van der Waals surface area contributed by atoms with E-state index in [0.717, 1.165) is 16.7 Å². The zero-order valence-electron chi connectivity index (χ0n) is 10.2. The normalized spacial score (nSPS) is 12.1. The van der Waals surface area contributed by atoms with Gasteiger partial charge in [-0.05, 0) is 19.1 Å². The van der Waals surface area contributed by atoms with Crippen LogP contribution in [0.1, 0.15) is 18.8 Å². The molecule has 1 amide bonds.